The largest absolute Gasteiger partial charge is 0.490 e. The SMILES string of the molecule is C=CC(=O)N1CCn2nc(-c3nc(-c4ccc5c(c4)CN(C)[C@@H](C(=O)N(C)C)C5)c4ccsc4c3-c3c(F)cc(F)cc3OCCOC)cc2[C@H]1C. The summed E-state index contributed by atoms with van der Waals surface area (Å²) in [7, 11) is 7.03. The zero-order valence-electron chi connectivity index (χ0n) is 29.8. The zero-order valence-corrected chi connectivity index (χ0v) is 30.6. The Bertz CT molecular complexity index is 2210. The number of amides is 2. The molecule has 0 spiro atoms. The molecule has 2 aliphatic rings. The van der Waals surface area contributed by atoms with E-state index in [2.05, 4.69) is 23.6 Å². The molecular weight excluding hydrogens is 687 g/mol. The molecule has 2 aliphatic heterocycles. The molecule has 5 heterocycles. The number of carbonyl (C=O) groups excluding carboxylic acids is 2. The lowest BCUT2D eigenvalue weighted by Gasteiger charge is -2.34. The number of thiophene rings is 1. The van der Waals surface area contributed by atoms with Gasteiger partial charge in [0.05, 0.1) is 42.2 Å². The van der Waals surface area contributed by atoms with E-state index in [9.17, 15) is 14.0 Å². The van der Waals surface area contributed by atoms with Crippen LogP contribution in [0.4, 0.5) is 8.78 Å². The van der Waals surface area contributed by atoms with Crippen LogP contribution in [-0.4, -0.2) is 95.3 Å². The summed E-state index contributed by atoms with van der Waals surface area (Å²) in [6, 6.07) is 11.5. The first-order chi connectivity index (χ1) is 25.0. The van der Waals surface area contributed by atoms with E-state index in [4.69, 9.17) is 19.6 Å². The second kappa shape index (κ2) is 14.2. The Morgan fingerprint density at radius 1 is 1.06 bits per heavy atom. The molecule has 7 rings (SSSR count). The first kappa shape index (κ1) is 35.4. The first-order valence-corrected chi connectivity index (χ1v) is 18.0. The molecule has 5 aromatic rings. The van der Waals surface area contributed by atoms with Crippen LogP contribution in [0.1, 0.15) is 29.8 Å². The van der Waals surface area contributed by atoms with Crippen LogP contribution in [0.5, 0.6) is 5.75 Å². The summed E-state index contributed by atoms with van der Waals surface area (Å²) < 4.78 is 44.7. The van der Waals surface area contributed by atoms with Crippen molar-refractivity contribution in [2.75, 3.05) is 48.0 Å². The second-order valence-electron chi connectivity index (χ2n) is 13.4. The summed E-state index contributed by atoms with van der Waals surface area (Å²) in [5.74, 6) is -1.65. The van der Waals surface area contributed by atoms with Crippen molar-refractivity contribution in [3.63, 3.8) is 0 Å². The Balaban J connectivity index is 1.43. The van der Waals surface area contributed by atoms with Gasteiger partial charge in [0.25, 0.3) is 0 Å². The van der Waals surface area contributed by atoms with Gasteiger partial charge in [-0.15, -0.1) is 11.3 Å². The maximum Gasteiger partial charge on any atom is 0.246 e. The van der Waals surface area contributed by atoms with E-state index >= 15 is 4.39 Å². The van der Waals surface area contributed by atoms with E-state index in [0.29, 0.717) is 48.7 Å². The average Bonchev–Trinajstić information content (AvgIpc) is 3.79. The number of hydrogen-bond acceptors (Lipinski definition) is 8. The third kappa shape index (κ3) is 6.26. The maximum atomic E-state index is 16.2. The number of fused-ring (bicyclic) bond motifs is 3. The van der Waals surface area contributed by atoms with Gasteiger partial charge in [0.2, 0.25) is 11.8 Å². The zero-order chi connectivity index (χ0) is 36.8. The van der Waals surface area contributed by atoms with E-state index in [-0.39, 0.29) is 48.4 Å². The molecule has 10 nitrogen and oxygen atoms in total. The van der Waals surface area contributed by atoms with E-state index in [0.717, 1.165) is 38.5 Å². The van der Waals surface area contributed by atoms with Gasteiger partial charge < -0.3 is 19.3 Å². The van der Waals surface area contributed by atoms with Crippen LogP contribution >= 0.6 is 11.3 Å². The molecule has 0 saturated carbocycles. The van der Waals surface area contributed by atoms with E-state index in [1.165, 1.54) is 30.6 Å². The van der Waals surface area contributed by atoms with Gasteiger partial charge in [-0.25, -0.2) is 13.8 Å². The third-order valence-corrected chi connectivity index (χ3v) is 10.9. The lowest BCUT2D eigenvalue weighted by molar-refractivity contribution is -0.134. The molecule has 0 unspecified atom stereocenters. The van der Waals surface area contributed by atoms with Crippen molar-refractivity contribution in [1.29, 1.82) is 0 Å². The number of pyridine rings is 1. The predicted octanol–water partition coefficient (Wildman–Crippen LogP) is 6.33. The van der Waals surface area contributed by atoms with E-state index < -0.39 is 11.6 Å². The number of aromatic nitrogens is 3. The highest BCUT2D eigenvalue weighted by Crippen LogP contribution is 2.47. The quantitative estimate of drug-likeness (QED) is 0.130. The van der Waals surface area contributed by atoms with Crippen molar-refractivity contribution in [2.24, 2.45) is 0 Å². The molecule has 0 aliphatic carbocycles. The van der Waals surface area contributed by atoms with Gasteiger partial charge in [-0.3, -0.25) is 19.2 Å². The molecule has 2 aromatic carbocycles. The van der Waals surface area contributed by atoms with Crippen LogP contribution in [0.25, 0.3) is 43.9 Å². The van der Waals surface area contributed by atoms with Crippen molar-refractivity contribution < 1.29 is 27.8 Å². The number of halogens is 2. The summed E-state index contributed by atoms with van der Waals surface area (Å²) >= 11 is 1.42. The highest BCUT2D eigenvalue weighted by atomic mass is 32.1. The second-order valence-corrected chi connectivity index (χ2v) is 14.3. The fourth-order valence-electron chi connectivity index (χ4n) is 7.28. The van der Waals surface area contributed by atoms with Crippen LogP contribution in [0, 0.1) is 11.6 Å². The van der Waals surface area contributed by atoms with Crippen molar-refractivity contribution >= 4 is 33.2 Å². The molecule has 52 heavy (non-hydrogen) atoms. The Morgan fingerprint density at radius 3 is 2.62 bits per heavy atom. The fourth-order valence-corrected chi connectivity index (χ4v) is 8.22. The lowest BCUT2D eigenvalue weighted by atomic mass is 9.90. The molecule has 3 aromatic heterocycles. The Labute approximate surface area is 304 Å². The van der Waals surface area contributed by atoms with Crippen LogP contribution in [0.2, 0.25) is 0 Å². The number of ether oxygens (including phenoxy) is 2. The van der Waals surface area contributed by atoms with Crippen LogP contribution in [-0.2, 0) is 33.8 Å². The van der Waals surface area contributed by atoms with Crippen LogP contribution < -0.4 is 4.74 Å². The summed E-state index contributed by atoms with van der Waals surface area (Å²) in [5, 5.41) is 7.69. The number of rotatable bonds is 9. The van der Waals surface area contributed by atoms with Gasteiger partial charge in [-0.1, -0.05) is 18.7 Å². The Kier molecular flexibility index (Phi) is 9.68. The minimum absolute atomic E-state index is 0.0267. The predicted molar refractivity (Wildman–Crippen MR) is 197 cm³/mol. The monoisotopic (exact) mass is 726 g/mol. The van der Waals surface area contributed by atoms with Crippen molar-refractivity contribution in [1.82, 2.24) is 29.5 Å². The Hall–Kier alpha value is -4.98. The number of hydrogen-bond donors (Lipinski definition) is 0. The highest BCUT2D eigenvalue weighted by Gasteiger charge is 2.33. The highest BCUT2D eigenvalue weighted by molar-refractivity contribution is 7.18. The molecule has 13 heteroatoms. The average molecular weight is 727 g/mol. The van der Waals surface area contributed by atoms with Gasteiger partial charge >= 0.3 is 0 Å². The van der Waals surface area contributed by atoms with Gasteiger partial charge in [0.1, 0.15) is 35.4 Å². The molecule has 270 valence electrons. The van der Waals surface area contributed by atoms with Crippen LogP contribution in [0.3, 0.4) is 0 Å². The third-order valence-electron chi connectivity index (χ3n) is 9.95. The van der Waals surface area contributed by atoms with Gasteiger partial charge in [0, 0.05) is 67.6 Å². The summed E-state index contributed by atoms with van der Waals surface area (Å²) in [4.78, 5) is 36.3. The summed E-state index contributed by atoms with van der Waals surface area (Å²) in [6.07, 6.45) is 1.90. The lowest BCUT2D eigenvalue weighted by Crippen LogP contribution is -2.48. The van der Waals surface area contributed by atoms with Crippen molar-refractivity contribution in [3.8, 4) is 39.5 Å². The number of nitrogens with zero attached hydrogens (tertiary/aromatic N) is 6. The fraction of sp³-hybridized carbons (Fsp3) is 0.333. The van der Waals surface area contributed by atoms with E-state index in [1.807, 2.05) is 42.2 Å². The molecular formula is C39H40F2N6O4S. The van der Waals surface area contributed by atoms with Gasteiger partial charge in [0.15, 0.2) is 0 Å². The van der Waals surface area contributed by atoms with Crippen molar-refractivity contribution in [2.45, 2.75) is 38.5 Å². The number of carbonyl (C=O) groups is 2. The van der Waals surface area contributed by atoms with Crippen molar-refractivity contribution in [3.05, 3.63) is 89.0 Å². The standard InChI is InChI=1S/C39H40F2N6O4S/c1-7-33(48)46-11-12-47-30(22(46)2)20-29(43-47)37-35(34-28(41)18-26(40)19-32(34)51-14-13-50-6)38-27(10-15-52-38)36(42-37)24-9-8-23-17-31(39(49)44(3)4)45(5)21-25(23)16-24/h7-10,15-16,18-20,22,31H,1,11-14,17,21H2,2-6H3/t22-,31-/m1/s1. The smallest absolute Gasteiger partial charge is 0.246 e. The number of likely N-dealkylation sites (N-methyl/N-ethyl adjacent to an activating group) is 2. The normalized spacial score (nSPS) is 17.2. The molecule has 2 atom stereocenters. The summed E-state index contributed by atoms with van der Waals surface area (Å²) in [6.45, 7) is 7.38. The maximum absolute atomic E-state index is 16.2. The van der Waals surface area contributed by atoms with E-state index in [1.54, 1.807) is 23.9 Å². The van der Waals surface area contributed by atoms with Gasteiger partial charge in [-0.05, 0) is 61.2 Å². The molecule has 0 N–H and O–H groups in total. The number of benzene rings is 2. The molecule has 2 amide bonds. The first-order valence-electron chi connectivity index (χ1n) is 17.1. The molecule has 0 bridgehead atoms. The molecule has 0 fully saturated rings. The Morgan fingerprint density at radius 2 is 1.87 bits per heavy atom. The summed E-state index contributed by atoms with van der Waals surface area (Å²) in [5.41, 5.74) is 5.91. The molecule has 0 radical (unpaired) electrons. The minimum atomic E-state index is -0.795. The number of methoxy groups -OCH3 is 1. The molecule has 0 saturated heterocycles. The topological polar surface area (TPSA) is 93.0 Å². The van der Waals surface area contributed by atoms with Crippen LogP contribution in [0.15, 0.2) is 60.5 Å². The minimum Gasteiger partial charge on any atom is -0.490 e. The van der Waals surface area contributed by atoms with Gasteiger partial charge in [-0.2, -0.15) is 5.10 Å².